The number of ether oxygens (including phenoxy) is 1. The Morgan fingerprint density at radius 2 is 1.22 bits per heavy atom. The number of rotatable bonds is 6. The molecule has 1 unspecified atom stereocenters. The van der Waals surface area contributed by atoms with Gasteiger partial charge >= 0.3 is 5.97 Å². The molecular weight excluding hydrogens is 471 g/mol. The van der Waals surface area contributed by atoms with Crippen LogP contribution in [0.2, 0.25) is 0 Å². The molecule has 0 aliphatic carbocycles. The number of benzene rings is 3. The summed E-state index contributed by atoms with van der Waals surface area (Å²) in [6, 6.07) is 28.2. The summed E-state index contributed by atoms with van der Waals surface area (Å²) >= 11 is 1.79. The van der Waals surface area contributed by atoms with Gasteiger partial charge < -0.3 is 4.74 Å². The topological polar surface area (TPSA) is 43.4 Å². The van der Waals surface area contributed by atoms with Gasteiger partial charge in [-0.05, 0) is 55.5 Å². The van der Waals surface area contributed by atoms with Crippen LogP contribution in [0.3, 0.4) is 0 Å². The molecule has 3 aromatic carbocycles. The van der Waals surface area contributed by atoms with Crippen LogP contribution in [0.4, 0.5) is 0 Å². The molecule has 3 aromatic rings. The quantitative estimate of drug-likeness (QED) is 0.121. The zero-order valence-electron chi connectivity index (χ0n) is 14.7. The van der Waals surface area contributed by atoms with Gasteiger partial charge in [-0.15, -0.1) is 0 Å². The first-order valence-electron chi connectivity index (χ1n) is 8.37. The molecule has 0 radical (unpaired) electrons. The molecule has 0 bridgehead atoms. The zero-order chi connectivity index (χ0) is 19.2. The lowest BCUT2D eigenvalue weighted by molar-refractivity contribution is -0.136. The van der Waals surface area contributed by atoms with Crippen molar-refractivity contribution in [3.05, 3.63) is 84.9 Å². The standard InChI is InChI=1S/C22H18IO3S/c1-16(24)21(23)22(25)26-17-12-14-20(15-13-17)27(18-8-4-2-5-9-18)19-10-6-3-7-11-19/h2-15,21H,1H3/q+1. The molecule has 0 N–H and O–H groups in total. The van der Waals surface area contributed by atoms with Crippen LogP contribution in [0, 0.1) is 0 Å². The van der Waals surface area contributed by atoms with Gasteiger partial charge in [-0.1, -0.05) is 59.0 Å². The fraction of sp³-hybridized carbons (Fsp3) is 0.0909. The van der Waals surface area contributed by atoms with Gasteiger partial charge in [0, 0.05) is 0 Å². The van der Waals surface area contributed by atoms with Crippen molar-refractivity contribution < 1.29 is 14.3 Å². The zero-order valence-corrected chi connectivity index (χ0v) is 17.6. The summed E-state index contributed by atoms with van der Waals surface area (Å²) in [4.78, 5) is 26.9. The Kier molecular flexibility index (Phi) is 6.68. The Bertz CT molecular complexity index is 872. The fourth-order valence-corrected chi connectivity index (χ4v) is 4.71. The summed E-state index contributed by atoms with van der Waals surface area (Å²) in [5.41, 5.74) is 0. The van der Waals surface area contributed by atoms with Crippen LogP contribution in [0.5, 0.6) is 5.75 Å². The van der Waals surface area contributed by atoms with E-state index in [0.29, 0.717) is 5.75 Å². The van der Waals surface area contributed by atoms with Gasteiger partial charge in [0.15, 0.2) is 24.4 Å². The largest absolute Gasteiger partial charge is 0.425 e. The highest BCUT2D eigenvalue weighted by molar-refractivity contribution is 14.1. The first-order chi connectivity index (χ1) is 13.1. The first-order valence-corrected chi connectivity index (χ1v) is 10.8. The Morgan fingerprint density at radius 3 is 1.67 bits per heavy atom. The van der Waals surface area contributed by atoms with E-state index in [0.717, 1.165) is 4.90 Å². The molecule has 0 aromatic heterocycles. The van der Waals surface area contributed by atoms with Crippen molar-refractivity contribution in [2.24, 2.45) is 0 Å². The third-order valence-electron chi connectivity index (χ3n) is 3.80. The van der Waals surface area contributed by atoms with Crippen LogP contribution in [-0.4, -0.2) is 15.7 Å². The lowest BCUT2D eigenvalue weighted by Crippen LogP contribution is -2.26. The van der Waals surface area contributed by atoms with E-state index in [2.05, 4.69) is 24.3 Å². The molecule has 27 heavy (non-hydrogen) atoms. The van der Waals surface area contributed by atoms with Gasteiger partial charge in [0.05, 0.1) is 10.9 Å². The second-order valence-corrected chi connectivity index (χ2v) is 9.07. The summed E-state index contributed by atoms with van der Waals surface area (Å²) in [6.07, 6.45) is 0. The van der Waals surface area contributed by atoms with E-state index in [1.165, 1.54) is 16.7 Å². The average Bonchev–Trinajstić information content (AvgIpc) is 2.70. The number of Topliss-reactive ketones (excluding diaryl/α,β-unsaturated/α-hetero) is 1. The highest BCUT2D eigenvalue weighted by Gasteiger charge is 2.28. The maximum atomic E-state index is 12.0. The number of carbonyl (C=O) groups excluding carboxylic acids is 2. The van der Waals surface area contributed by atoms with E-state index in [1.54, 1.807) is 34.7 Å². The molecule has 136 valence electrons. The van der Waals surface area contributed by atoms with Gasteiger partial charge in [0.25, 0.3) is 0 Å². The summed E-state index contributed by atoms with van der Waals surface area (Å²) in [6.45, 7) is 1.38. The molecule has 0 saturated heterocycles. The number of carbonyl (C=O) groups is 2. The normalized spacial score (nSPS) is 11.8. The molecule has 1 atom stereocenters. The second-order valence-electron chi connectivity index (χ2n) is 5.80. The van der Waals surface area contributed by atoms with Crippen molar-refractivity contribution in [2.45, 2.75) is 25.5 Å². The van der Waals surface area contributed by atoms with E-state index in [-0.39, 0.29) is 16.7 Å². The molecule has 3 rings (SSSR count). The minimum atomic E-state index is -0.787. The molecule has 0 aliphatic heterocycles. The fourth-order valence-electron chi connectivity index (χ4n) is 2.50. The second kappa shape index (κ2) is 9.19. The van der Waals surface area contributed by atoms with Crippen molar-refractivity contribution in [3.8, 4) is 5.75 Å². The van der Waals surface area contributed by atoms with Crippen molar-refractivity contribution in [1.82, 2.24) is 0 Å². The third kappa shape index (κ3) is 4.99. The molecule has 0 amide bonds. The predicted molar refractivity (Wildman–Crippen MR) is 116 cm³/mol. The van der Waals surface area contributed by atoms with E-state index >= 15 is 0 Å². The highest BCUT2D eigenvalue weighted by Crippen LogP contribution is 2.32. The van der Waals surface area contributed by atoms with Gasteiger partial charge in [-0.2, -0.15) is 0 Å². The molecule has 5 heteroatoms. The number of hydrogen-bond donors (Lipinski definition) is 0. The summed E-state index contributed by atoms with van der Waals surface area (Å²) in [7, 11) is -0.248. The molecular formula is C22H18IO3S+. The molecule has 3 nitrogen and oxygen atoms in total. The van der Waals surface area contributed by atoms with Crippen LogP contribution in [0.15, 0.2) is 99.6 Å². The van der Waals surface area contributed by atoms with Crippen LogP contribution >= 0.6 is 22.6 Å². The summed E-state index contributed by atoms with van der Waals surface area (Å²) in [5, 5.41) is 0. The minimum Gasteiger partial charge on any atom is -0.425 e. The van der Waals surface area contributed by atoms with Gasteiger partial charge in [0.1, 0.15) is 5.75 Å². The predicted octanol–water partition coefficient (Wildman–Crippen LogP) is 5.08. The van der Waals surface area contributed by atoms with E-state index in [9.17, 15) is 9.59 Å². The molecule has 0 saturated carbocycles. The van der Waals surface area contributed by atoms with Crippen molar-refractivity contribution in [2.75, 3.05) is 0 Å². The number of alkyl halides is 1. The molecule has 0 heterocycles. The number of hydrogen-bond acceptors (Lipinski definition) is 3. The SMILES string of the molecule is CC(=O)C(I)C(=O)Oc1ccc([S+](c2ccccc2)c2ccccc2)cc1. The monoisotopic (exact) mass is 489 g/mol. The Morgan fingerprint density at radius 1 is 0.778 bits per heavy atom. The van der Waals surface area contributed by atoms with E-state index < -0.39 is 9.89 Å². The smallest absolute Gasteiger partial charge is 0.331 e. The van der Waals surface area contributed by atoms with Gasteiger partial charge in [-0.3, -0.25) is 9.59 Å². The van der Waals surface area contributed by atoms with Crippen LogP contribution in [-0.2, 0) is 20.5 Å². The van der Waals surface area contributed by atoms with Crippen molar-refractivity contribution in [3.63, 3.8) is 0 Å². The van der Waals surface area contributed by atoms with Gasteiger partial charge in [-0.25, -0.2) is 0 Å². The van der Waals surface area contributed by atoms with Crippen molar-refractivity contribution in [1.29, 1.82) is 0 Å². The van der Waals surface area contributed by atoms with Gasteiger partial charge in [0.2, 0.25) is 0 Å². The Hall–Kier alpha value is -2.12. The summed E-state index contributed by atoms with van der Waals surface area (Å²) in [5.74, 6) is -0.316. The lowest BCUT2D eigenvalue weighted by atomic mass is 10.3. The molecule has 0 spiro atoms. The molecule has 0 fully saturated rings. The third-order valence-corrected chi connectivity index (χ3v) is 7.42. The molecule has 0 aliphatic rings. The highest BCUT2D eigenvalue weighted by atomic mass is 127. The summed E-state index contributed by atoms with van der Waals surface area (Å²) < 4.78 is 4.53. The van der Waals surface area contributed by atoms with E-state index in [1.807, 2.05) is 48.5 Å². The lowest BCUT2D eigenvalue weighted by Gasteiger charge is -2.10. The van der Waals surface area contributed by atoms with Crippen LogP contribution in [0.1, 0.15) is 6.92 Å². The number of halogens is 1. The van der Waals surface area contributed by atoms with Crippen LogP contribution < -0.4 is 4.74 Å². The first kappa shape index (κ1) is 19.6. The van der Waals surface area contributed by atoms with Crippen LogP contribution in [0.25, 0.3) is 0 Å². The maximum absolute atomic E-state index is 12.0. The minimum absolute atomic E-state index is 0.216. The maximum Gasteiger partial charge on any atom is 0.331 e. The average molecular weight is 489 g/mol. The Labute approximate surface area is 175 Å². The number of ketones is 1. The van der Waals surface area contributed by atoms with Crippen molar-refractivity contribution >= 4 is 45.2 Å². The van der Waals surface area contributed by atoms with E-state index in [4.69, 9.17) is 4.74 Å². The Balaban J connectivity index is 1.88. The number of esters is 1.